The molecule has 0 bridgehead atoms. The van der Waals surface area contributed by atoms with E-state index in [0.29, 0.717) is 34.0 Å². The fourth-order valence-electron chi connectivity index (χ4n) is 3.75. The molecule has 1 aliphatic heterocycles. The van der Waals surface area contributed by atoms with Crippen molar-refractivity contribution in [2.45, 2.75) is 12.5 Å². The highest BCUT2D eigenvalue weighted by atomic mass is 35.5. The molecule has 1 aromatic heterocycles. The number of furan rings is 1. The summed E-state index contributed by atoms with van der Waals surface area (Å²) in [6.45, 7) is 0.208. The van der Waals surface area contributed by atoms with E-state index in [9.17, 15) is 14.0 Å². The number of rotatable bonds is 8. The van der Waals surface area contributed by atoms with Gasteiger partial charge in [-0.15, -0.1) is 0 Å². The average molecular weight is 484 g/mol. The van der Waals surface area contributed by atoms with Crippen LogP contribution in [0.4, 0.5) is 4.39 Å². The molecule has 1 atom stereocenters. The molecular weight excluding hydrogens is 461 g/mol. The molecule has 2 heterocycles. The van der Waals surface area contributed by atoms with Gasteiger partial charge in [0.2, 0.25) is 0 Å². The van der Waals surface area contributed by atoms with Crippen molar-refractivity contribution >= 4 is 29.1 Å². The van der Waals surface area contributed by atoms with Gasteiger partial charge in [-0.2, -0.15) is 5.10 Å². The van der Waals surface area contributed by atoms with Crippen LogP contribution in [-0.2, 0) is 9.53 Å². The number of ether oxygens (including phenoxy) is 1. The van der Waals surface area contributed by atoms with E-state index < -0.39 is 11.9 Å². The SMILES string of the molecule is COCCN(CC(=O)N1N=C(c2ccc(F)cc2)C[C@H]1c1ccco1)C(=O)c1ccccc1Cl. The Morgan fingerprint density at radius 1 is 1.18 bits per heavy atom. The quantitative estimate of drug-likeness (QED) is 0.471. The zero-order chi connectivity index (χ0) is 24.1. The number of nitrogens with zero attached hydrogens (tertiary/aromatic N) is 3. The second-order valence-electron chi connectivity index (χ2n) is 7.73. The predicted octanol–water partition coefficient (Wildman–Crippen LogP) is 4.54. The van der Waals surface area contributed by atoms with Crippen LogP contribution in [-0.4, -0.2) is 54.2 Å². The molecule has 2 amide bonds. The van der Waals surface area contributed by atoms with Gasteiger partial charge in [-0.25, -0.2) is 9.40 Å². The lowest BCUT2D eigenvalue weighted by Crippen LogP contribution is -2.42. The van der Waals surface area contributed by atoms with Crippen molar-refractivity contribution in [1.82, 2.24) is 9.91 Å². The Labute approximate surface area is 201 Å². The van der Waals surface area contributed by atoms with Crippen molar-refractivity contribution in [2.75, 3.05) is 26.8 Å². The molecule has 0 spiro atoms. The topological polar surface area (TPSA) is 75.3 Å². The molecular formula is C25H23ClFN3O4. The summed E-state index contributed by atoms with van der Waals surface area (Å²) in [6, 6.07) is 15.6. The summed E-state index contributed by atoms with van der Waals surface area (Å²) >= 11 is 6.21. The van der Waals surface area contributed by atoms with Gasteiger partial charge in [0.25, 0.3) is 11.8 Å². The molecule has 0 fully saturated rings. The smallest absolute Gasteiger partial charge is 0.262 e. The second kappa shape index (κ2) is 10.6. The van der Waals surface area contributed by atoms with Crippen molar-refractivity contribution in [1.29, 1.82) is 0 Å². The molecule has 0 saturated heterocycles. The van der Waals surface area contributed by atoms with E-state index in [0.717, 1.165) is 0 Å². The van der Waals surface area contributed by atoms with Gasteiger partial charge < -0.3 is 14.1 Å². The first kappa shape index (κ1) is 23.7. The first-order valence-corrected chi connectivity index (χ1v) is 11.1. The maximum atomic E-state index is 13.4. The van der Waals surface area contributed by atoms with E-state index in [4.69, 9.17) is 20.8 Å². The molecule has 176 valence electrons. The van der Waals surface area contributed by atoms with E-state index in [2.05, 4.69) is 5.10 Å². The summed E-state index contributed by atoms with van der Waals surface area (Å²) in [6.07, 6.45) is 1.92. The molecule has 0 unspecified atom stereocenters. The molecule has 34 heavy (non-hydrogen) atoms. The molecule has 9 heteroatoms. The van der Waals surface area contributed by atoms with Gasteiger partial charge in [0.05, 0.1) is 29.2 Å². The summed E-state index contributed by atoms with van der Waals surface area (Å²) in [5.41, 5.74) is 1.62. The van der Waals surface area contributed by atoms with Crippen LogP contribution in [0, 0.1) is 5.82 Å². The minimum absolute atomic E-state index is 0.195. The largest absolute Gasteiger partial charge is 0.467 e. The number of hydrazone groups is 1. The van der Waals surface area contributed by atoms with E-state index in [-0.39, 0.29) is 31.4 Å². The van der Waals surface area contributed by atoms with Crippen molar-refractivity contribution in [2.24, 2.45) is 5.10 Å². The maximum Gasteiger partial charge on any atom is 0.262 e. The van der Waals surface area contributed by atoms with Crippen molar-refractivity contribution in [3.63, 3.8) is 0 Å². The molecule has 0 aliphatic carbocycles. The van der Waals surface area contributed by atoms with Crippen LogP contribution in [0.2, 0.25) is 5.02 Å². The summed E-state index contributed by atoms with van der Waals surface area (Å²) in [5.74, 6) is -0.567. The Kier molecular flexibility index (Phi) is 7.40. The van der Waals surface area contributed by atoms with Crippen molar-refractivity contribution in [3.05, 3.63) is 94.7 Å². The highest BCUT2D eigenvalue weighted by molar-refractivity contribution is 6.33. The van der Waals surface area contributed by atoms with Gasteiger partial charge in [0, 0.05) is 20.1 Å². The average Bonchev–Trinajstić information content (AvgIpc) is 3.52. The van der Waals surface area contributed by atoms with Gasteiger partial charge >= 0.3 is 0 Å². The zero-order valence-electron chi connectivity index (χ0n) is 18.5. The Balaban J connectivity index is 1.60. The molecule has 3 aromatic rings. The van der Waals surface area contributed by atoms with Gasteiger partial charge in [-0.3, -0.25) is 9.59 Å². The molecule has 1 aliphatic rings. The predicted molar refractivity (Wildman–Crippen MR) is 125 cm³/mol. The highest BCUT2D eigenvalue weighted by Crippen LogP contribution is 2.33. The van der Waals surface area contributed by atoms with Crippen LogP contribution >= 0.6 is 11.6 Å². The fourth-order valence-corrected chi connectivity index (χ4v) is 3.97. The van der Waals surface area contributed by atoms with Crippen molar-refractivity contribution in [3.8, 4) is 0 Å². The van der Waals surface area contributed by atoms with Gasteiger partial charge in [-0.05, 0) is 42.0 Å². The third-order valence-electron chi connectivity index (χ3n) is 5.50. The summed E-state index contributed by atoms with van der Waals surface area (Å²) < 4.78 is 24.1. The zero-order valence-corrected chi connectivity index (χ0v) is 19.2. The fraction of sp³-hybridized carbons (Fsp3) is 0.240. The number of amides is 2. The highest BCUT2D eigenvalue weighted by Gasteiger charge is 2.36. The number of hydrogen-bond acceptors (Lipinski definition) is 5. The van der Waals surface area contributed by atoms with Gasteiger partial charge in [0.15, 0.2) is 0 Å². The second-order valence-corrected chi connectivity index (χ2v) is 8.13. The van der Waals surface area contributed by atoms with E-state index in [1.54, 1.807) is 48.5 Å². The molecule has 0 saturated carbocycles. The number of carbonyl (C=O) groups is 2. The third kappa shape index (κ3) is 5.18. The monoisotopic (exact) mass is 483 g/mol. The third-order valence-corrected chi connectivity index (χ3v) is 5.83. The Hall–Kier alpha value is -3.49. The Morgan fingerprint density at radius 3 is 2.62 bits per heavy atom. The van der Waals surface area contributed by atoms with Crippen molar-refractivity contribution < 1.29 is 23.1 Å². The Bertz CT molecular complexity index is 1180. The maximum absolute atomic E-state index is 13.4. The summed E-state index contributed by atoms with van der Waals surface area (Å²) in [5, 5.41) is 6.16. The molecule has 2 aromatic carbocycles. The van der Waals surface area contributed by atoms with E-state index in [1.165, 1.54) is 35.4 Å². The number of benzene rings is 2. The van der Waals surface area contributed by atoms with Crippen LogP contribution in [0.15, 0.2) is 76.4 Å². The first-order valence-electron chi connectivity index (χ1n) is 10.7. The first-order chi connectivity index (χ1) is 16.5. The van der Waals surface area contributed by atoms with Crippen LogP contribution in [0.25, 0.3) is 0 Å². The van der Waals surface area contributed by atoms with Gasteiger partial charge in [0.1, 0.15) is 24.2 Å². The standard InChI is InChI=1S/C25H23ClFN3O4/c1-33-14-12-29(25(32)19-5-2-3-6-20(19)26)16-24(31)30-22(23-7-4-13-34-23)15-21(28-30)17-8-10-18(27)11-9-17/h2-11,13,22H,12,14-16H2,1H3/t22-/m0/s1. The summed E-state index contributed by atoms with van der Waals surface area (Å²) in [4.78, 5) is 28.0. The lowest BCUT2D eigenvalue weighted by atomic mass is 10.0. The van der Waals surface area contributed by atoms with Crippen LogP contribution in [0.1, 0.15) is 34.1 Å². The van der Waals surface area contributed by atoms with E-state index >= 15 is 0 Å². The minimum Gasteiger partial charge on any atom is -0.467 e. The molecule has 0 radical (unpaired) electrons. The normalized spacial score (nSPS) is 15.3. The molecule has 7 nitrogen and oxygen atoms in total. The molecule has 0 N–H and O–H groups in total. The number of methoxy groups -OCH3 is 1. The lowest BCUT2D eigenvalue weighted by Gasteiger charge is -2.26. The number of hydrogen-bond donors (Lipinski definition) is 0. The lowest BCUT2D eigenvalue weighted by molar-refractivity contribution is -0.134. The summed E-state index contributed by atoms with van der Waals surface area (Å²) in [7, 11) is 1.52. The molecule has 4 rings (SSSR count). The van der Waals surface area contributed by atoms with Crippen LogP contribution < -0.4 is 0 Å². The minimum atomic E-state index is -0.484. The Morgan fingerprint density at radius 2 is 1.94 bits per heavy atom. The number of carbonyl (C=O) groups excluding carboxylic acids is 2. The van der Waals surface area contributed by atoms with Gasteiger partial charge in [-0.1, -0.05) is 35.9 Å². The van der Waals surface area contributed by atoms with E-state index in [1.807, 2.05) is 0 Å². The van der Waals surface area contributed by atoms with Crippen LogP contribution in [0.3, 0.4) is 0 Å². The van der Waals surface area contributed by atoms with Crippen LogP contribution in [0.5, 0.6) is 0 Å². The number of halogens is 2.